The summed E-state index contributed by atoms with van der Waals surface area (Å²) in [5.41, 5.74) is 4.40. The summed E-state index contributed by atoms with van der Waals surface area (Å²) in [6.45, 7) is 4.06. The third-order valence-corrected chi connectivity index (χ3v) is 7.48. The molecule has 0 aliphatic heterocycles. The Hall–Kier alpha value is -1.86. The second kappa shape index (κ2) is 12.2. The number of carbonyl (C=O) groups is 2. The Morgan fingerprint density at radius 3 is 2.26 bits per heavy atom. The zero-order chi connectivity index (χ0) is 24.8. The summed E-state index contributed by atoms with van der Waals surface area (Å²) in [7, 11) is 0. The number of phenols is 1. The third kappa shape index (κ3) is 7.32. The van der Waals surface area contributed by atoms with Crippen LogP contribution in [0, 0.1) is 21.0 Å². The smallest absolute Gasteiger partial charge is 0.408 e. The predicted molar refractivity (Wildman–Crippen MR) is 153 cm³/mol. The van der Waals surface area contributed by atoms with Gasteiger partial charge in [-0.25, -0.2) is 4.79 Å². The summed E-state index contributed by atoms with van der Waals surface area (Å²) >= 11 is 7.58. The molecule has 3 rings (SSSR count). The van der Waals surface area contributed by atoms with Crippen LogP contribution < -0.4 is 10.6 Å². The summed E-state index contributed by atoms with van der Waals surface area (Å²) in [4.78, 5) is 25.8. The molecule has 34 heavy (non-hydrogen) atoms. The first kappa shape index (κ1) is 26.7. The maximum Gasteiger partial charge on any atom is 0.408 e. The zero-order valence-corrected chi connectivity index (χ0v) is 24.4. The first-order chi connectivity index (χ1) is 16.1. The van der Waals surface area contributed by atoms with Crippen molar-refractivity contribution in [2.24, 2.45) is 0 Å². The minimum atomic E-state index is -0.895. The Kier molecular flexibility index (Phi) is 9.60. The number of alkyl carbamates (subject to hydrolysis) is 1. The zero-order valence-electron chi connectivity index (χ0n) is 18.5. The monoisotopic (exact) mass is 748 g/mol. The number of hydrogen-bond donors (Lipinski definition) is 3. The van der Waals surface area contributed by atoms with Gasteiger partial charge in [-0.15, -0.1) is 0 Å². The molecule has 9 heteroatoms. The largest absolute Gasteiger partial charge is 0.506 e. The average molecular weight is 749 g/mol. The maximum atomic E-state index is 13.3. The second-order valence-electron chi connectivity index (χ2n) is 7.78. The van der Waals surface area contributed by atoms with E-state index in [1.807, 2.05) is 101 Å². The van der Waals surface area contributed by atoms with E-state index >= 15 is 0 Å². The number of hydrogen-bond acceptors (Lipinski definition) is 4. The van der Waals surface area contributed by atoms with Gasteiger partial charge in [0.25, 0.3) is 0 Å². The average Bonchev–Trinajstić information content (AvgIpc) is 2.79. The van der Waals surface area contributed by atoms with Crippen LogP contribution in [-0.4, -0.2) is 23.1 Å². The van der Waals surface area contributed by atoms with Gasteiger partial charge >= 0.3 is 6.09 Å². The molecule has 0 aliphatic carbocycles. The van der Waals surface area contributed by atoms with Gasteiger partial charge in [0.1, 0.15) is 18.4 Å². The van der Waals surface area contributed by atoms with Gasteiger partial charge in [-0.3, -0.25) is 4.79 Å². The fourth-order valence-electron chi connectivity index (χ4n) is 3.18. The van der Waals surface area contributed by atoms with Crippen molar-refractivity contribution in [1.82, 2.24) is 5.32 Å². The fraction of sp³-hybridized carbons (Fsp3) is 0.200. The first-order valence-electron chi connectivity index (χ1n) is 10.4. The lowest BCUT2D eigenvalue weighted by atomic mass is 10.0. The molecule has 0 saturated carbocycles. The van der Waals surface area contributed by atoms with Crippen molar-refractivity contribution >= 4 is 78.8 Å². The van der Waals surface area contributed by atoms with Crippen LogP contribution in [0.4, 0.5) is 10.5 Å². The maximum absolute atomic E-state index is 13.3. The summed E-state index contributed by atoms with van der Waals surface area (Å²) in [6.07, 6.45) is -0.465. The van der Waals surface area contributed by atoms with Crippen LogP contribution in [0.25, 0.3) is 0 Å². The van der Waals surface area contributed by atoms with Crippen molar-refractivity contribution in [2.75, 3.05) is 5.32 Å². The van der Waals surface area contributed by atoms with Gasteiger partial charge < -0.3 is 20.5 Å². The van der Waals surface area contributed by atoms with Gasteiger partial charge in [0.15, 0.2) is 0 Å². The number of rotatable bonds is 7. The van der Waals surface area contributed by atoms with Crippen LogP contribution in [0.15, 0.2) is 59.1 Å². The highest BCUT2D eigenvalue weighted by Crippen LogP contribution is 2.29. The van der Waals surface area contributed by atoms with Crippen LogP contribution in [0.2, 0.25) is 0 Å². The van der Waals surface area contributed by atoms with Crippen molar-refractivity contribution in [1.29, 1.82) is 0 Å². The highest BCUT2D eigenvalue weighted by Gasteiger charge is 2.24. The molecule has 0 unspecified atom stereocenters. The quantitative estimate of drug-likeness (QED) is 0.243. The topological polar surface area (TPSA) is 87.7 Å². The van der Waals surface area contributed by atoms with E-state index in [1.54, 1.807) is 12.1 Å². The predicted octanol–water partition coefficient (Wildman–Crippen LogP) is 6.46. The summed E-state index contributed by atoms with van der Waals surface area (Å²) < 4.78 is 7.43. The lowest BCUT2D eigenvalue weighted by Crippen LogP contribution is -2.45. The molecule has 0 fully saturated rings. The number of halogens is 3. The van der Waals surface area contributed by atoms with E-state index < -0.39 is 12.1 Å². The van der Waals surface area contributed by atoms with Gasteiger partial charge in [-0.1, -0.05) is 30.3 Å². The van der Waals surface area contributed by atoms with Crippen molar-refractivity contribution in [3.8, 4) is 5.75 Å². The highest BCUT2D eigenvalue weighted by atomic mass is 127. The van der Waals surface area contributed by atoms with Crippen molar-refractivity contribution in [3.05, 3.63) is 88.5 Å². The Morgan fingerprint density at radius 1 is 1.00 bits per heavy atom. The van der Waals surface area contributed by atoms with E-state index in [2.05, 4.69) is 26.6 Å². The summed E-state index contributed by atoms with van der Waals surface area (Å²) in [6, 6.07) is 15.8. The van der Waals surface area contributed by atoms with E-state index in [-0.39, 0.29) is 24.7 Å². The Balaban J connectivity index is 1.79. The van der Waals surface area contributed by atoms with Gasteiger partial charge in [0.05, 0.1) is 12.8 Å². The molecule has 6 nitrogen and oxygen atoms in total. The molecule has 178 valence electrons. The molecule has 0 spiro atoms. The lowest BCUT2D eigenvalue weighted by molar-refractivity contribution is -0.118. The minimum Gasteiger partial charge on any atom is -0.506 e. The number of ether oxygens (including phenoxy) is 1. The fourth-order valence-corrected chi connectivity index (χ4v) is 5.64. The highest BCUT2D eigenvalue weighted by molar-refractivity contribution is 14.1. The Labute approximate surface area is 234 Å². The molecular weight excluding hydrogens is 726 g/mol. The number of phenolic OH excluding ortho intramolecular Hbond substituents is 1. The molecule has 3 aromatic carbocycles. The first-order valence-corrected chi connectivity index (χ1v) is 13.3. The number of aryl methyl sites for hydroxylation is 2. The van der Waals surface area contributed by atoms with Crippen molar-refractivity contribution in [2.45, 2.75) is 32.9 Å². The molecule has 1 atom stereocenters. The molecule has 3 N–H and O–H groups in total. The number of anilines is 1. The second-order valence-corrected chi connectivity index (χ2v) is 11.0. The SMILES string of the molecule is Cc1cc(Br)c(NC(=O)[C@H](Cc2cc(I)c(O)c(I)c2)NC(=O)OCc2ccccc2)cc1C. The van der Waals surface area contributed by atoms with E-state index in [9.17, 15) is 14.7 Å². The van der Waals surface area contributed by atoms with Crippen LogP contribution >= 0.6 is 61.1 Å². The van der Waals surface area contributed by atoms with Crippen LogP contribution in [0.1, 0.15) is 22.3 Å². The summed E-state index contributed by atoms with van der Waals surface area (Å²) in [5, 5.41) is 15.7. The molecule has 0 aliphatic rings. The number of aromatic hydroxyl groups is 1. The molecule has 0 aromatic heterocycles. The van der Waals surface area contributed by atoms with Gasteiger partial charge in [0, 0.05) is 10.9 Å². The van der Waals surface area contributed by atoms with E-state index in [1.165, 1.54) is 0 Å². The van der Waals surface area contributed by atoms with E-state index in [0.717, 1.165) is 26.7 Å². The van der Waals surface area contributed by atoms with Crippen LogP contribution in [-0.2, 0) is 22.6 Å². The van der Waals surface area contributed by atoms with Crippen LogP contribution in [0.5, 0.6) is 5.75 Å². The number of amides is 2. The number of benzene rings is 3. The molecule has 3 aromatic rings. The number of carbonyl (C=O) groups excluding carboxylic acids is 2. The molecular formula is C25H23BrI2N2O4. The molecule has 0 saturated heterocycles. The van der Waals surface area contributed by atoms with Crippen molar-refractivity contribution < 1.29 is 19.4 Å². The Bertz CT molecular complexity index is 1180. The Morgan fingerprint density at radius 2 is 1.62 bits per heavy atom. The molecule has 0 bridgehead atoms. The van der Waals surface area contributed by atoms with Gasteiger partial charge in [0.2, 0.25) is 5.91 Å². The summed E-state index contributed by atoms with van der Waals surface area (Å²) in [5.74, 6) is -0.182. The molecule has 2 amide bonds. The van der Waals surface area contributed by atoms with Gasteiger partial charge in [-0.2, -0.15) is 0 Å². The normalized spacial score (nSPS) is 11.6. The minimum absolute atomic E-state index is 0.0960. The van der Waals surface area contributed by atoms with Crippen molar-refractivity contribution in [3.63, 3.8) is 0 Å². The van der Waals surface area contributed by atoms with E-state index in [0.29, 0.717) is 12.8 Å². The standard InChI is InChI=1S/C25H23BrI2N2O4/c1-14-8-18(26)21(9-15(14)2)29-24(32)22(12-17-10-19(27)23(31)20(28)11-17)30-25(33)34-13-16-6-4-3-5-7-16/h3-11,22,31H,12-13H2,1-2H3,(H,29,32)(H,30,33)/t22-/m0/s1. The molecule has 0 heterocycles. The van der Waals surface area contributed by atoms with Gasteiger partial charge in [-0.05, 0) is 121 Å². The number of nitrogens with one attached hydrogen (secondary N) is 2. The van der Waals surface area contributed by atoms with E-state index in [4.69, 9.17) is 4.74 Å². The lowest BCUT2D eigenvalue weighted by Gasteiger charge is -2.20. The molecule has 0 radical (unpaired) electrons. The third-order valence-electron chi connectivity index (χ3n) is 5.18. The van der Waals surface area contributed by atoms with Crippen LogP contribution in [0.3, 0.4) is 0 Å².